The number of aryl methyl sites for hydroxylation is 1. The highest BCUT2D eigenvalue weighted by Crippen LogP contribution is 2.25. The van der Waals surface area contributed by atoms with E-state index in [1.54, 1.807) is 12.3 Å². The van der Waals surface area contributed by atoms with E-state index in [4.69, 9.17) is 10.5 Å². The summed E-state index contributed by atoms with van der Waals surface area (Å²) in [7, 11) is -1.94. The maximum atomic E-state index is 12.0. The van der Waals surface area contributed by atoms with Crippen LogP contribution in [0.3, 0.4) is 0 Å². The van der Waals surface area contributed by atoms with Crippen molar-refractivity contribution in [3.05, 3.63) is 15.8 Å². The van der Waals surface area contributed by atoms with Gasteiger partial charge in [0.25, 0.3) is 0 Å². The summed E-state index contributed by atoms with van der Waals surface area (Å²) in [6.07, 6.45) is 0. The van der Waals surface area contributed by atoms with Crippen molar-refractivity contribution in [1.82, 2.24) is 4.72 Å². The molecule has 0 atom stereocenters. The van der Waals surface area contributed by atoms with Gasteiger partial charge in [-0.25, -0.2) is 13.1 Å². The lowest BCUT2D eigenvalue weighted by Gasteiger charge is -2.07. The summed E-state index contributed by atoms with van der Waals surface area (Å²) >= 11 is 1.37. The number of rotatable bonds is 6. The Balaban J connectivity index is 2.93. The summed E-state index contributed by atoms with van der Waals surface area (Å²) in [4.78, 5) is 0.999. The molecule has 0 unspecified atom stereocenters. The second-order valence-electron chi connectivity index (χ2n) is 3.27. The second kappa shape index (κ2) is 5.74. The second-order valence-corrected chi connectivity index (χ2v) is 5.93. The molecular formula is C9H16N2O3S2. The average Bonchev–Trinajstić information content (AvgIpc) is 2.60. The van der Waals surface area contributed by atoms with Crippen LogP contribution in [0.5, 0.6) is 0 Å². The van der Waals surface area contributed by atoms with Crippen LogP contribution in [0, 0.1) is 6.92 Å². The summed E-state index contributed by atoms with van der Waals surface area (Å²) in [6.45, 7) is 2.61. The summed E-state index contributed by atoms with van der Waals surface area (Å²) in [5, 5.41) is 1.80. The van der Waals surface area contributed by atoms with Crippen molar-refractivity contribution in [3.8, 4) is 0 Å². The fraction of sp³-hybridized carbons (Fsp3) is 0.556. The van der Waals surface area contributed by atoms with E-state index in [0.29, 0.717) is 16.4 Å². The number of nitrogens with two attached hydrogens (primary N) is 1. The minimum atomic E-state index is -3.46. The molecule has 0 saturated carbocycles. The van der Waals surface area contributed by atoms with Crippen LogP contribution >= 0.6 is 11.3 Å². The zero-order chi connectivity index (χ0) is 12.2. The third-order valence-electron chi connectivity index (χ3n) is 2.04. The van der Waals surface area contributed by atoms with Crippen molar-refractivity contribution in [2.45, 2.75) is 18.4 Å². The third kappa shape index (κ3) is 3.02. The molecule has 0 saturated heterocycles. The first-order valence-electron chi connectivity index (χ1n) is 4.78. The van der Waals surface area contributed by atoms with Gasteiger partial charge >= 0.3 is 0 Å². The van der Waals surface area contributed by atoms with Crippen LogP contribution in [0.4, 0.5) is 0 Å². The Hall–Kier alpha value is -0.470. The molecule has 0 aromatic carbocycles. The van der Waals surface area contributed by atoms with Gasteiger partial charge in [0.1, 0.15) is 4.90 Å². The van der Waals surface area contributed by atoms with Crippen LogP contribution in [0.2, 0.25) is 0 Å². The van der Waals surface area contributed by atoms with Crippen LogP contribution in [-0.2, 0) is 21.3 Å². The Labute approximate surface area is 99.7 Å². The van der Waals surface area contributed by atoms with Crippen LogP contribution in [0.15, 0.2) is 10.3 Å². The van der Waals surface area contributed by atoms with Gasteiger partial charge in [0.2, 0.25) is 10.0 Å². The van der Waals surface area contributed by atoms with Gasteiger partial charge in [-0.1, -0.05) is 0 Å². The molecule has 0 fully saturated rings. The normalized spacial score (nSPS) is 11.9. The molecule has 0 spiro atoms. The van der Waals surface area contributed by atoms with Crippen LogP contribution < -0.4 is 10.5 Å². The van der Waals surface area contributed by atoms with E-state index in [1.165, 1.54) is 18.4 Å². The van der Waals surface area contributed by atoms with E-state index >= 15 is 0 Å². The highest BCUT2D eigenvalue weighted by atomic mass is 32.2. The van der Waals surface area contributed by atoms with E-state index < -0.39 is 10.0 Å². The molecule has 0 amide bonds. The van der Waals surface area contributed by atoms with Crippen LogP contribution in [-0.4, -0.2) is 28.7 Å². The summed E-state index contributed by atoms with van der Waals surface area (Å²) in [6, 6.07) is 0. The Bertz CT molecular complexity index is 440. The van der Waals surface area contributed by atoms with E-state index in [0.717, 1.165) is 5.56 Å². The maximum Gasteiger partial charge on any atom is 0.242 e. The van der Waals surface area contributed by atoms with Crippen molar-refractivity contribution < 1.29 is 13.2 Å². The van der Waals surface area contributed by atoms with Crippen molar-refractivity contribution in [1.29, 1.82) is 0 Å². The van der Waals surface area contributed by atoms with Crippen molar-refractivity contribution in [2.75, 3.05) is 20.3 Å². The number of nitrogens with one attached hydrogen (secondary N) is 1. The summed E-state index contributed by atoms with van der Waals surface area (Å²) in [5.74, 6) is 0. The average molecular weight is 264 g/mol. The van der Waals surface area contributed by atoms with Crippen LogP contribution in [0.25, 0.3) is 0 Å². The molecular weight excluding hydrogens is 248 g/mol. The molecule has 1 aromatic heterocycles. The molecule has 0 radical (unpaired) electrons. The zero-order valence-corrected chi connectivity index (χ0v) is 11.0. The van der Waals surface area contributed by atoms with Crippen LogP contribution in [0.1, 0.15) is 10.4 Å². The van der Waals surface area contributed by atoms with Gasteiger partial charge in [-0.2, -0.15) is 0 Å². The minimum Gasteiger partial charge on any atom is -0.383 e. The van der Waals surface area contributed by atoms with E-state index in [1.807, 2.05) is 0 Å². The molecule has 92 valence electrons. The molecule has 0 aliphatic rings. The molecule has 5 nitrogen and oxygen atoms in total. The highest BCUT2D eigenvalue weighted by Gasteiger charge is 2.21. The van der Waals surface area contributed by atoms with Gasteiger partial charge < -0.3 is 10.5 Å². The predicted molar refractivity (Wildman–Crippen MR) is 64.0 cm³/mol. The number of ether oxygens (including phenoxy) is 1. The molecule has 16 heavy (non-hydrogen) atoms. The number of methoxy groups -OCH3 is 1. The lowest BCUT2D eigenvalue weighted by atomic mass is 10.3. The first-order valence-corrected chi connectivity index (χ1v) is 7.15. The van der Waals surface area contributed by atoms with Gasteiger partial charge in [0, 0.05) is 25.1 Å². The number of hydrogen-bond acceptors (Lipinski definition) is 5. The Morgan fingerprint density at radius 2 is 2.25 bits per heavy atom. The van der Waals surface area contributed by atoms with Gasteiger partial charge in [0.05, 0.1) is 6.61 Å². The summed E-state index contributed by atoms with van der Waals surface area (Å²) in [5.41, 5.74) is 6.24. The molecule has 1 rings (SSSR count). The molecule has 0 bridgehead atoms. The highest BCUT2D eigenvalue weighted by molar-refractivity contribution is 7.89. The van der Waals surface area contributed by atoms with Gasteiger partial charge in [-0.05, 0) is 17.9 Å². The standard InChI is InChI=1S/C9H16N2O3S2/c1-7-6-15-8(5-10)9(7)16(12,13)11-3-4-14-2/h6,11H,3-5,10H2,1-2H3. The molecule has 0 aliphatic heterocycles. The Morgan fingerprint density at radius 3 is 2.81 bits per heavy atom. The number of hydrogen-bond donors (Lipinski definition) is 2. The zero-order valence-electron chi connectivity index (χ0n) is 9.32. The van der Waals surface area contributed by atoms with Gasteiger partial charge in [-0.15, -0.1) is 11.3 Å². The van der Waals surface area contributed by atoms with Crippen molar-refractivity contribution >= 4 is 21.4 Å². The first-order chi connectivity index (χ1) is 7.53. The van der Waals surface area contributed by atoms with Crippen molar-refractivity contribution in [3.63, 3.8) is 0 Å². The molecule has 1 heterocycles. The minimum absolute atomic E-state index is 0.235. The summed E-state index contributed by atoms with van der Waals surface area (Å²) < 4.78 is 31.2. The fourth-order valence-electron chi connectivity index (χ4n) is 1.34. The quantitative estimate of drug-likeness (QED) is 0.731. The largest absolute Gasteiger partial charge is 0.383 e. The predicted octanol–water partition coefficient (Wildman–Crippen LogP) is 0.440. The van der Waals surface area contributed by atoms with E-state index in [-0.39, 0.29) is 13.1 Å². The fourth-order valence-corrected chi connectivity index (χ4v) is 4.05. The van der Waals surface area contributed by atoms with Gasteiger partial charge in [0.15, 0.2) is 0 Å². The monoisotopic (exact) mass is 264 g/mol. The Kier molecular flexibility index (Phi) is 4.88. The molecule has 3 N–H and O–H groups in total. The lowest BCUT2D eigenvalue weighted by molar-refractivity contribution is 0.204. The number of thiophene rings is 1. The maximum absolute atomic E-state index is 12.0. The Morgan fingerprint density at radius 1 is 1.56 bits per heavy atom. The van der Waals surface area contributed by atoms with Gasteiger partial charge in [-0.3, -0.25) is 0 Å². The van der Waals surface area contributed by atoms with Crippen molar-refractivity contribution in [2.24, 2.45) is 5.73 Å². The molecule has 1 aromatic rings. The lowest BCUT2D eigenvalue weighted by Crippen LogP contribution is -2.28. The van der Waals surface area contributed by atoms with E-state index in [9.17, 15) is 8.42 Å². The topological polar surface area (TPSA) is 81.4 Å². The molecule has 0 aliphatic carbocycles. The van der Waals surface area contributed by atoms with E-state index in [2.05, 4.69) is 4.72 Å². The number of sulfonamides is 1. The first kappa shape index (κ1) is 13.6. The third-order valence-corrected chi connectivity index (χ3v) is 4.99. The molecule has 7 heteroatoms. The SMILES string of the molecule is COCCNS(=O)(=O)c1c(C)csc1CN. The smallest absolute Gasteiger partial charge is 0.242 e.